The molecule has 1 aliphatic heterocycles. The van der Waals surface area contributed by atoms with E-state index in [0.717, 1.165) is 38.1 Å². The van der Waals surface area contributed by atoms with Crippen molar-refractivity contribution in [2.45, 2.75) is 31.9 Å². The van der Waals surface area contributed by atoms with Crippen LogP contribution in [0, 0.1) is 0 Å². The first-order valence-electron chi connectivity index (χ1n) is 7.83. The van der Waals surface area contributed by atoms with Gasteiger partial charge in [0.25, 0.3) is 0 Å². The number of alkyl halides is 3. The average Bonchev–Trinajstić information content (AvgIpc) is 3.03. The number of benzene rings is 1. The molecule has 1 fully saturated rings. The molecule has 0 aliphatic carbocycles. The Morgan fingerprint density at radius 3 is 2.42 bits per heavy atom. The molecular weight excluding hydrogens is 337 g/mol. The molecule has 128 valence electrons. The number of rotatable bonds is 3. The Kier molecular flexibility index (Phi) is 4.89. The first-order valence-corrected chi connectivity index (χ1v) is 8.71. The molecule has 1 amide bonds. The Balaban J connectivity index is 1.67. The molecule has 1 aliphatic rings. The van der Waals surface area contributed by atoms with Crippen LogP contribution in [0.25, 0.3) is 10.6 Å². The number of amides is 1. The summed E-state index contributed by atoms with van der Waals surface area (Å²) >= 11 is 1.34. The quantitative estimate of drug-likeness (QED) is 0.819. The van der Waals surface area contributed by atoms with E-state index >= 15 is 0 Å². The maximum absolute atomic E-state index is 12.6. The van der Waals surface area contributed by atoms with E-state index in [1.54, 1.807) is 5.38 Å². The normalized spacial score (nSPS) is 15.5. The van der Waals surface area contributed by atoms with E-state index in [0.29, 0.717) is 16.3 Å². The van der Waals surface area contributed by atoms with E-state index in [-0.39, 0.29) is 12.3 Å². The van der Waals surface area contributed by atoms with Crippen molar-refractivity contribution >= 4 is 17.2 Å². The topological polar surface area (TPSA) is 33.2 Å². The molecule has 2 aromatic rings. The van der Waals surface area contributed by atoms with Crippen molar-refractivity contribution in [2.75, 3.05) is 13.1 Å². The summed E-state index contributed by atoms with van der Waals surface area (Å²) in [5.74, 6) is 0.0685. The standard InChI is InChI=1S/C17H17F3N2OS/c18-17(19,20)13-6-4-12(5-7-13)16-21-14(11-24-16)10-15(23)22-8-2-1-3-9-22/h4-7,11H,1-3,8-10H2. The fourth-order valence-corrected chi connectivity index (χ4v) is 3.56. The number of aromatic nitrogens is 1. The number of nitrogens with zero attached hydrogens (tertiary/aromatic N) is 2. The highest BCUT2D eigenvalue weighted by molar-refractivity contribution is 7.13. The van der Waals surface area contributed by atoms with Gasteiger partial charge in [-0.3, -0.25) is 4.79 Å². The summed E-state index contributed by atoms with van der Waals surface area (Å²) in [5.41, 5.74) is 0.624. The molecule has 0 spiro atoms. The number of piperidine rings is 1. The highest BCUT2D eigenvalue weighted by Gasteiger charge is 2.30. The smallest absolute Gasteiger partial charge is 0.342 e. The summed E-state index contributed by atoms with van der Waals surface area (Å²) in [6.45, 7) is 1.60. The van der Waals surface area contributed by atoms with Gasteiger partial charge in [-0.1, -0.05) is 12.1 Å². The van der Waals surface area contributed by atoms with E-state index in [2.05, 4.69) is 4.98 Å². The van der Waals surface area contributed by atoms with Crippen molar-refractivity contribution in [1.29, 1.82) is 0 Å². The van der Waals surface area contributed by atoms with Crippen molar-refractivity contribution in [1.82, 2.24) is 9.88 Å². The van der Waals surface area contributed by atoms with Gasteiger partial charge in [0.2, 0.25) is 5.91 Å². The highest BCUT2D eigenvalue weighted by Crippen LogP contribution is 2.31. The lowest BCUT2D eigenvalue weighted by atomic mass is 10.1. The van der Waals surface area contributed by atoms with Crippen LogP contribution in [0.4, 0.5) is 13.2 Å². The Labute approximate surface area is 142 Å². The van der Waals surface area contributed by atoms with Gasteiger partial charge in [0.05, 0.1) is 17.7 Å². The second-order valence-electron chi connectivity index (χ2n) is 5.84. The Bertz CT molecular complexity index is 703. The minimum absolute atomic E-state index is 0.0685. The van der Waals surface area contributed by atoms with Gasteiger partial charge in [-0.05, 0) is 31.4 Å². The van der Waals surface area contributed by atoms with Crippen molar-refractivity contribution in [3.63, 3.8) is 0 Å². The van der Waals surface area contributed by atoms with E-state index in [1.807, 2.05) is 4.90 Å². The Hall–Kier alpha value is -1.89. The number of hydrogen-bond acceptors (Lipinski definition) is 3. The predicted molar refractivity (Wildman–Crippen MR) is 86.7 cm³/mol. The summed E-state index contributed by atoms with van der Waals surface area (Å²) in [7, 11) is 0. The molecule has 7 heteroatoms. The first-order chi connectivity index (χ1) is 11.4. The first kappa shape index (κ1) is 17.0. The van der Waals surface area contributed by atoms with Crippen molar-refractivity contribution in [2.24, 2.45) is 0 Å². The van der Waals surface area contributed by atoms with Gasteiger partial charge in [0.15, 0.2) is 0 Å². The number of carbonyl (C=O) groups excluding carboxylic acids is 1. The summed E-state index contributed by atoms with van der Waals surface area (Å²) in [6, 6.07) is 4.93. The monoisotopic (exact) mass is 354 g/mol. The zero-order valence-electron chi connectivity index (χ0n) is 13.0. The fourth-order valence-electron chi connectivity index (χ4n) is 2.73. The third kappa shape index (κ3) is 3.95. The lowest BCUT2D eigenvalue weighted by Gasteiger charge is -2.26. The van der Waals surface area contributed by atoms with E-state index in [9.17, 15) is 18.0 Å². The molecular formula is C17H17F3N2OS. The van der Waals surface area contributed by atoms with Crippen LogP contribution in [0.15, 0.2) is 29.6 Å². The van der Waals surface area contributed by atoms with Crippen LogP contribution in [-0.2, 0) is 17.4 Å². The van der Waals surface area contributed by atoms with E-state index in [4.69, 9.17) is 0 Å². The predicted octanol–water partition coefficient (Wildman–Crippen LogP) is 4.38. The SMILES string of the molecule is O=C(Cc1csc(-c2ccc(C(F)(F)F)cc2)n1)N1CCCCC1. The second kappa shape index (κ2) is 6.93. The van der Waals surface area contributed by atoms with Gasteiger partial charge in [0, 0.05) is 24.0 Å². The van der Waals surface area contributed by atoms with Gasteiger partial charge in [0.1, 0.15) is 5.01 Å². The van der Waals surface area contributed by atoms with Crippen LogP contribution >= 0.6 is 11.3 Å². The molecule has 0 radical (unpaired) electrons. The Morgan fingerprint density at radius 1 is 1.12 bits per heavy atom. The van der Waals surface area contributed by atoms with Gasteiger partial charge >= 0.3 is 6.18 Å². The van der Waals surface area contributed by atoms with Crippen LogP contribution in [-0.4, -0.2) is 28.9 Å². The molecule has 3 rings (SSSR count). The highest BCUT2D eigenvalue weighted by atomic mass is 32.1. The van der Waals surface area contributed by atoms with Crippen LogP contribution in [0.1, 0.15) is 30.5 Å². The van der Waals surface area contributed by atoms with Crippen molar-refractivity contribution < 1.29 is 18.0 Å². The lowest BCUT2D eigenvalue weighted by molar-refractivity contribution is -0.137. The van der Waals surface area contributed by atoms with E-state index < -0.39 is 11.7 Å². The number of likely N-dealkylation sites (tertiary alicyclic amines) is 1. The van der Waals surface area contributed by atoms with Crippen molar-refractivity contribution in [3.8, 4) is 10.6 Å². The fraction of sp³-hybridized carbons (Fsp3) is 0.412. The van der Waals surface area contributed by atoms with Crippen LogP contribution in [0.3, 0.4) is 0 Å². The third-order valence-corrected chi connectivity index (χ3v) is 4.99. The molecule has 0 atom stereocenters. The molecule has 1 aromatic carbocycles. The maximum Gasteiger partial charge on any atom is 0.416 e. The average molecular weight is 354 g/mol. The lowest BCUT2D eigenvalue weighted by Crippen LogP contribution is -2.36. The van der Waals surface area contributed by atoms with Crippen LogP contribution < -0.4 is 0 Å². The van der Waals surface area contributed by atoms with Gasteiger partial charge in [-0.25, -0.2) is 4.98 Å². The third-order valence-electron chi connectivity index (χ3n) is 4.05. The minimum Gasteiger partial charge on any atom is -0.342 e. The maximum atomic E-state index is 12.6. The van der Waals surface area contributed by atoms with Gasteiger partial charge in [-0.15, -0.1) is 11.3 Å². The number of halogens is 3. The van der Waals surface area contributed by atoms with E-state index in [1.165, 1.54) is 29.9 Å². The number of hydrogen-bond donors (Lipinski definition) is 0. The number of carbonyl (C=O) groups is 1. The molecule has 0 saturated carbocycles. The molecule has 0 N–H and O–H groups in total. The summed E-state index contributed by atoms with van der Waals surface area (Å²) in [4.78, 5) is 18.5. The number of thiazole rings is 1. The molecule has 3 nitrogen and oxygen atoms in total. The molecule has 0 unspecified atom stereocenters. The molecule has 0 bridgehead atoms. The largest absolute Gasteiger partial charge is 0.416 e. The molecule has 1 saturated heterocycles. The van der Waals surface area contributed by atoms with Gasteiger partial charge in [-0.2, -0.15) is 13.2 Å². The summed E-state index contributed by atoms with van der Waals surface area (Å²) in [6.07, 6.45) is -0.845. The molecule has 24 heavy (non-hydrogen) atoms. The van der Waals surface area contributed by atoms with Gasteiger partial charge < -0.3 is 4.90 Å². The minimum atomic E-state index is -4.34. The zero-order chi connectivity index (χ0) is 17.2. The molecule has 1 aromatic heterocycles. The van der Waals surface area contributed by atoms with Crippen LogP contribution in [0.2, 0.25) is 0 Å². The Morgan fingerprint density at radius 2 is 1.79 bits per heavy atom. The zero-order valence-corrected chi connectivity index (χ0v) is 13.8. The van der Waals surface area contributed by atoms with Crippen molar-refractivity contribution in [3.05, 3.63) is 40.9 Å². The molecule has 2 heterocycles. The summed E-state index contributed by atoms with van der Waals surface area (Å²) in [5, 5.41) is 2.43. The van der Waals surface area contributed by atoms with Crippen LogP contribution in [0.5, 0.6) is 0 Å². The summed E-state index contributed by atoms with van der Waals surface area (Å²) < 4.78 is 37.8. The second-order valence-corrected chi connectivity index (χ2v) is 6.70.